The van der Waals surface area contributed by atoms with Crippen LogP contribution in [-0.4, -0.2) is 47.1 Å². The molecule has 1 N–H and O–H groups in total. The van der Waals surface area contributed by atoms with Gasteiger partial charge in [0.05, 0.1) is 18.3 Å². The highest BCUT2D eigenvalue weighted by Gasteiger charge is 2.32. The Morgan fingerprint density at radius 2 is 1.97 bits per heavy atom. The van der Waals surface area contributed by atoms with Crippen LogP contribution in [0.25, 0.3) is 11.0 Å². The molecule has 9 heteroatoms. The summed E-state index contributed by atoms with van der Waals surface area (Å²) in [6.07, 6.45) is 5.16. The summed E-state index contributed by atoms with van der Waals surface area (Å²) < 4.78 is 35.9. The third kappa shape index (κ3) is 7.17. The Kier molecular flexibility index (Phi) is 7.88. The molecule has 0 unspecified atom stereocenters. The van der Waals surface area contributed by atoms with Crippen molar-refractivity contribution < 1.29 is 17.6 Å². The van der Waals surface area contributed by atoms with Crippen LogP contribution in [0.4, 0.5) is 0 Å². The van der Waals surface area contributed by atoms with Crippen molar-refractivity contribution in [2.45, 2.75) is 53.6 Å². The number of nitrogens with one attached hydrogen (secondary N) is 1. The summed E-state index contributed by atoms with van der Waals surface area (Å²) in [5, 5.41) is 0.965. The maximum absolute atomic E-state index is 13.8. The molecular formula is C25H36N4O4S. The quantitative estimate of drug-likeness (QED) is 0.469. The summed E-state index contributed by atoms with van der Waals surface area (Å²) in [5.41, 5.74) is 2.08. The molecule has 0 saturated carbocycles. The first kappa shape index (κ1) is 26.0. The van der Waals surface area contributed by atoms with E-state index in [9.17, 15) is 13.2 Å². The van der Waals surface area contributed by atoms with E-state index in [0.717, 1.165) is 22.2 Å². The zero-order chi connectivity index (χ0) is 25.1. The molecule has 0 aliphatic rings. The van der Waals surface area contributed by atoms with Gasteiger partial charge in [0.1, 0.15) is 11.6 Å². The van der Waals surface area contributed by atoms with Gasteiger partial charge in [0.25, 0.3) is 0 Å². The van der Waals surface area contributed by atoms with Gasteiger partial charge < -0.3 is 13.9 Å². The van der Waals surface area contributed by atoms with E-state index in [1.54, 1.807) is 28.3 Å². The van der Waals surface area contributed by atoms with E-state index in [0.29, 0.717) is 13.1 Å². The molecule has 3 rings (SSSR count). The second kappa shape index (κ2) is 10.3. The van der Waals surface area contributed by atoms with Crippen LogP contribution in [-0.2, 0) is 34.8 Å². The van der Waals surface area contributed by atoms with Crippen LogP contribution in [0.2, 0.25) is 0 Å². The predicted molar refractivity (Wildman–Crippen MR) is 134 cm³/mol. The van der Waals surface area contributed by atoms with Gasteiger partial charge in [-0.25, -0.2) is 18.1 Å². The van der Waals surface area contributed by atoms with E-state index in [1.165, 1.54) is 0 Å². The molecule has 2 heterocycles. The van der Waals surface area contributed by atoms with Crippen LogP contribution < -0.4 is 4.72 Å². The normalized spacial score (nSPS) is 13.5. The van der Waals surface area contributed by atoms with E-state index >= 15 is 0 Å². The van der Waals surface area contributed by atoms with Crippen LogP contribution in [0.5, 0.6) is 0 Å². The number of amides is 1. The lowest BCUT2D eigenvalue weighted by molar-refractivity contribution is -0.134. The van der Waals surface area contributed by atoms with Gasteiger partial charge >= 0.3 is 0 Å². The van der Waals surface area contributed by atoms with Gasteiger partial charge in [0.15, 0.2) is 0 Å². The fraction of sp³-hybridized carbons (Fsp3) is 0.520. The number of carbonyl (C=O) groups excluding carboxylic acids is 1. The highest BCUT2D eigenvalue weighted by molar-refractivity contribution is 7.89. The van der Waals surface area contributed by atoms with E-state index in [1.807, 2.05) is 65.9 Å². The maximum Gasteiger partial charge on any atom is 0.241 e. The SMILES string of the molecule is CC(C)CN(Cc1ccc2occc2c1)C(=O)[C@H](Cc1cncn1C)NS(=O)(=O)CC(C)(C)C. The summed E-state index contributed by atoms with van der Waals surface area (Å²) in [6, 6.07) is 6.78. The lowest BCUT2D eigenvalue weighted by Gasteiger charge is -2.30. The topological polar surface area (TPSA) is 97.4 Å². The van der Waals surface area contributed by atoms with Crippen molar-refractivity contribution in [1.29, 1.82) is 0 Å². The molecule has 1 atom stereocenters. The zero-order valence-corrected chi connectivity index (χ0v) is 21.7. The highest BCUT2D eigenvalue weighted by atomic mass is 32.2. The summed E-state index contributed by atoms with van der Waals surface area (Å²) in [4.78, 5) is 19.7. The fourth-order valence-electron chi connectivity index (χ4n) is 4.03. The fourth-order valence-corrected chi connectivity index (χ4v) is 5.87. The number of nitrogens with zero attached hydrogens (tertiary/aromatic N) is 3. The third-order valence-electron chi connectivity index (χ3n) is 5.36. The van der Waals surface area contributed by atoms with E-state index in [4.69, 9.17) is 4.42 Å². The summed E-state index contributed by atoms with van der Waals surface area (Å²) in [5.74, 6) is -0.110. The molecule has 1 aromatic carbocycles. The molecule has 0 saturated heterocycles. The number of imidazole rings is 1. The Hall–Kier alpha value is -2.65. The Morgan fingerprint density at radius 1 is 1.24 bits per heavy atom. The number of aromatic nitrogens is 2. The molecule has 1 amide bonds. The van der Waals surface area contributed by atoms with Gasteiger partial charge in [-0.1, -0.05) is 40.7 Å². The van der Waals surface area contributed by atoms with Crippen molar-refractivity contribution >= 4 is 26.9 Å². The van der Waals surface area contributed by atoms with Gasteiger partial charge in [-0.05, 0) is 35.1 Å². The number of hydrogen-bond acceptors (Lipinski definition) is 5. The molecule has 186 valence electrons. The lowest BCUT2D eigenvalue weighted by atomic mass is 10.0. The number of benzene rings is 1. The van der Waals surface area contributed by atoms with Crippen molar-refractivity contribution in [3.05, 3.63) is 54.3 Å². The van der Waals surface area contributed by atoms with Crippen molar-refractivity contribution in [1.82, 2.24) is 19.2 Å². The van der Waals surface area contributed by atoms with E-state index < -0.39 is 21.5 Å². The van der Waals surface area contributed by atoms with Crippen LogP contribution in [0.15, 0.2) is 47.5 Å². The van der Waals surface area contributed by atoms with Gasteiger partial charge in [-0.15, -0.1) is 0 Å². The summed E-state index contributed by atoms with van der Waals surface area (Å²) in [7, 11) is -1.86. The minimum atomic E-state index is -3.70. The number of furan rings is 1. The molecule has 3 aromatic rings. The molecule has 8 nitrogen and oxygen atoms in total. The smallest absolute Gasteiger partial charge is 0.241 e. The van der Waals surface area contributed by atoms with Gasteiger partial charge in [0.2, 0.25) is 15.9 Å². The van der Waals surface area contributed by atoms with Crippen molar-refractivity contribution in [3.63, 3.8) is 0 Å². The van der Waals surface area contributed by atoms with Crippen molar-refractivity contribution in [2.24, 2.45) is 18.4 Å². The van der Waals surface area contributed by atoms with Gasteiger partial charge in [-0.3, -0.25) is 4.79 Å². The zero-order valence-electron chi connectivity index (χ0n) is 20.9. The Bertz CT molecular complexity index is 1220. The average Bonchev–Trinajstić information content (AvgIpc) is 3.32. The lowest BCUT2D eigenvalue weighted by Crippen LogP contribution is -2.51. The first-order valence-electron chi connectivity index (χ1n) is 11.5. The molecule has 0 aliphatic carbocycles. The summed E-state index contributed by atoms with van der Waals surface area (Å²) in [6.45, 7) is 10.6. The molecule has 0 radical (unpaired) electrons. The Morgan fingerprint density at radius 3 is 2.59 bits per heavy atom. The van der Waals surface area contributed by atoms with Crippen LogP contribution in [0, 0.1) is 11.3 Å². The van der Waals surface area contributed by atoms with Crippen LogP contribution >= 0.6 is 0 Å². The molecular weight excluding hydrogens is 452 g/mol. The van der Waals surface area contributed by atoms with Crippen LogP contribution in [0.1, 0.15) is 45.9 Å². The van der Waals surface area contributed by atoms with Gasteiger partial charge in [0, 0.05) is 43.8 Å². The maximum atomic E-state index is 13.8. The first-order valence-corrected chi connectivity index (χ1v) is 13.2. The summed E-state index contributed by atoms with van der Waals surface area (Å²) >= 11 is 0. The number of fused-ring (bicyclic) bond motifs is 1. The number of carbonyl (C=O) groups is 1. The Labute approximate surface area is 202 Å². The molecule has 0 bridgehead atoms. The predicted octanol–water partition coefficient (Wildman–Crippen LogP) is 3.73. The molecule has 0 aliphatic heterocycles. The van der Waals surface area contributed by atoms with Crippen LogP contribution in [0.3, 0.4) is 0 Å². The van der Waals surface area contributed by atoms with E-state index in [-0.39, 0.29) is 24.0 Å². The van der Waals surface area contributed by atoms with Gasteiger partial charge in [-0.2, -0.15) is 0 Å². The largest absolute Gasteiger partial charge is 0.464 e. The number of rotatable bonds is 10. The molecule has 0 spiro atoms. The standard InChI is InChI=1S/C25H36N4O4S/c1-18(2)14-29(15-19-7-8-23-20(11-19)9-10-33-23)24(30)22(12-21-13-26-17-28(21)6)27-34(31,32)16-25(3,4)5/h7-11,13,17-18,22,27H,12,14-16H2,1-6H3/t22-/m0/s1. The highest BCUT2D eigenvalue weighted by Crippen LogP contribution is 2.20. The number of sulfonamides is 1. The third-order valence-corrected chi connectivity index (χ3v) is 7.25. The minimum Gasteiger partial charge on any atom is -0.464 e. The average molecular weight is 489 g/mol. The van der Waals surface area contributed by atoms with E-state index in [2.05, 4.69) is 9.71 Å². The monoisotopic (exact) mass is 488 g/mol. The second-order valence-electron chi connectivity index (χ2n) is 10.6. The number of aryl methyl sites for hydroxylation is 1. The van der Waals surface area contributed by atoms with Crippen molar-refractivity contribution in [2.75, 3.05) is 12.3 Å². The minimum absolute atomic E-state index is 0.0729. The Balaban J connectivity index is 1.90. The molecule has 2 aromatic heterocycles. The first-order chi connectivity index (χ1) is 15.8. The molecule has 34 heavy (non-hydrogen) atoms. The molecule has 0 fully saturated rings. The number of hydrogen-bond donors (Lipinski definition) is 1. The van der Waals surface area contributed by atoms with Crippen molar-refractivity contribution in [3.8, 4) is 0 Å². The second-order valence-corrected chi connectivity index (χ2v) is 12.3.